The molecule has 0 aliphatic carbocycles. The molecule has 0 saturated carbocycles. The normalized spacial score (nSPS) is 18.4. The fourth-order valence-electron chi connectivity index (χ4n) is 4.31. The maximum absolute atomic E-state index is 6.00. The zero-order chi connectivity index (χ0) is 21.5. The molecule has 0 aromatic heterocycles. The fraction of sp³-hybridized carbons (Fsp3) is 0.308. The second kappa shape index (κ2) is 10.3. The van der Waals surface area contributed by atoms with E-state index in [4.69, 9.17) is 14.2 Å². The number of ether oxygens (including phenoxy) is 3. The molecule has 0 atom stereocenters. The number of para-hydroxylation sites is 2. The molecule has 31 heavy (non-hydrogen) atoms. The van der Waals surface area contributed by atoms with E-state index in [0.717, 1.165) is 62.3 Å². The molecule has 0 amide bonds. The second-order valence-electron chi connectivity index (χ2n) is 8.07. The minimum atomic E-state index is 0.807. The predicted molar refractivity (Wildman–Crippen MR) is 121 cm³/mol. The third-order valence-corrected chi connectivity index (χ3v) is 5.92. The first kappa shape index (κ1) is 21.2. The van der Waals surface area contributed by atoms with E-state index < -0.39 is 0 Å². The molecule has 162 valence electrons. The molecular formula is C26H32N2O3+2. The first-order valence-corrected chi connectivity index (χ1v) is 10.9. The molecule has 3 aromatic rings. The third kappa shape index (κ3) is 5.57. The van der Waals surface area contributed by atoms with Gasteiger partial charge in [-0.3, -0.25) is 0 Å². The zero-order valence-corrected chi connectivity index (χ0v) is 18.4. The summed E-state index contributed by atoms with van der Waals surface area (Å²) in [5.74, 6) is 3.44. The number of quaternary nitrogens is 2. The van der Waals surface area contributed by atoms with Gasteiger partial charge < -0.3 is 24.0 Å². The molecule has 1 saturated heterocycles. The zero-order valence-electron chi connectivity index (χ0n) is 18.4. The number of piperazine rings is 1. The number of nitrogens with one attached hydrogen (secondary N) is 2. The summed E-state index contributed by atoms with van der Waals surface area (Å²) >= 11 is 0. The first-order valence-electron chi connectivity index (χ1n) is 10.9. The van der Waals surface area contributed by atoms with Gasteiger partial charge >= 0.3 is 0 Å². The van der Waals surface area contributed by atoms with Gasteiger partial charge in [-0.05, 0) is 36.4 Å². The summed E-state index contributed by atoms with van der Waals surface area (Å²) in [6.07, 6.45) is 0. The van der Waals surface area contributed by atoms with Gasteiger partial charge in [-0.1, -0.05) is 36.4 Å². The second-order valence-corrected chi connectivity index (χ2v) is 8.07. The van der Waals surface area contributed by atoms with E-state index in [2.05, 4.69) is 24.3 Å². The topological polar surface area (TPSA) is 36.6 Å². The van der Waals surface area contributed by atoms with Gasteiger partial charge in [0.1, 0.15) is 50.8 Å². The summed E-state index contributed by atoms with van der Waals surface area (Å²) in [5, 5.41) is 0. The molecular weight excluding hydrogens is 388 g/mol. The van der Waals surface area contributed by atoms with Crippen molar-refractivity contribution >= 4 is 0 Å². The van der Waals surface area contributed by atoms with Crippen molar-refractivity contribution in [2.75, 3.05) is 40.4 Å². The minimum Gasteiger partial charge on any atom is -0.493 e. The fourth-order valence-corrected chi connectivity index (χ4v) is 4.31. The van der Waals surface area contributed by atoms with Crippen molar-refractivity contribution in [3.05, 3.63) is 83.9 Å². The molecule has 0 unspecified atom stereocenters. The van der Waals surface area contributed by atoms with Crippen molar-refractivity contribution in [2.24, 2.45) is 0 Å². The quantitative estimate of drug-likeness (QED) is 0.585. The SMILES string of the molecule is COc1cccc(C[NH+]2CC[NH+](Cc3cccc(Oc4ccccc4)c3)CC2)c1OC. The number of hydrogen-bond acceptors (Lipinski definition) is 3. The van der Waals surface area contributed by atoms with Gasteiger partial charge in [0.15, 0.2) is 11.5 Å². The summed E-state index contributed by atoms with van der Waals surface area (Å²) in [7, 11) is 3.41. The molecule has 1 aliphatic rings. The van der Waals surface area contributed by atoms with Crippen LogP contribution in [0.15, 0.2) is 72.8 Å². The van der Waals surface area contributed by atoms with Crippen LogP contribution < -0.4 is 24.0 Å². The standard InChI is InChI=1S/C26H30N2O3/c1-29-25-13-7-9-22(26(25)30-2)20-28-16-14-27(15-17-28)19-21-8-6-12-24(18-21)31-23-10-4-3-5-11-23/h3-13,18H,14-17,19-20H2,1-2H3/p+2. The highest BCUT2D eigenvalue weighted by Gasteiger charge is 2.25. The molecule has 1 fully saturated rings. The van der Waals surface area contributed by atoms with E-state index >= 15 is 0 Å². The first-order chi connectivity index (χ1) is 15.2. The highest BCUT2D eigenvalue weighted by molar-refractivity contribution is 5.46. The van der Waals surface area contributed by atoms with Crippen LogP contribution in [0.5, 0.6) is 23.0 Å². The van der Waals surface area contributed by atoms with E-state index in [-0.39, 0.29) is 0 Å². The average Bonchev–Trinajstić information content (AvgIpc) is 2.81. The summed E-state index contributed by atoms with van der Waals surface area (Å²) in [6.45, 7) is 6.61. The summed E-state index contributed by atoms with van der Waals surface area (Å²) in [5.41, 5.74) is 2.53. The lowest BCUT2D eigenvalue weighted by atomic mass is 10.1. The van der Waals surface area contributed by atoms with Crippen LogP contribution in [0, 0.1) is 0 Å². The lowest BCUT2D eigenvalue weighted by Gasteiger charge is -2.30. The summed E-state index contributed by atoms with van der Waals surface area (Å²) in [6, 6.07) is 24.6. The van der Waals surface area contributed by atoms with Gasteiger partial charge in [-0.2, -0.15) is 0 Å². The molecule has 4 rings (SSSR count). The molecule has 5 nitrogen and oxygen atoms in total. The molecule has 1 aliphatic heterocycles. The van der Waals surface area contributed by atoms with Gasteiger partial charge in [-0.25, -0.2) is 0 Å². The maximum Gasteiger partial charge on any atom is 0.169 e. The van der Waals surface area contributed by atoms with Crippen LogP contribution in [-0.4, -0.2) is 40.4 Å². The van der Waals surface area contributed by atoms with Crippen LogP contribution >= 0.6 is 0 Å². The summed E-state index contributed by atoms with van der Waals surface area (Å²) in [4.78, 5) is 3.22. The lowest BCUT2D eigenvalue weighted by molar-refractivity contribution is -1.02. The van der Waals surface area contributed by atoms with Crippen LogP contribution in [0.3, 0.4) is 0 Å². The lowest BCUT2D eigenvalue weighted by Crippen LogP contribution is -3.27. The van der Waals surface area contributed by atoms with Crippen molar-refractivity contribution in [1.82, 2.24) is 0 Å². The Morgan fingerprint density at radius 1 is 0.677 bits per heavy atom. The van der Waals surface area contributed by atoms with E-state index in [1.54, 1.807) is 24.0 Å². The Morgan fingerprint density at radius 3 is 2.06 bits per heavy atom. The molecule has 0 bridgehead atoms. The highest BCUT2D eigenvalue weighted by atomic mass is 16.5. The van der Waals surface area contributed by atoms with Crippen molar-refractivity contribution in [2.45, 2.75) is 13.1 Å². The predicted octanol–water partition coefficient (Wildman–Crippen LogP) is 1.98. The summed E-state index contributed by atoms with van der Waals surface area (Å²) < 4.78 is 17.1. The largest absolute Gasteiger partial charge is 0.493 e. The van der Waals surface area contributed by atoms with Gasteiger partial charge in [0.25, 0.3) is 0 Å². The van der Waals surface area contributed by atoms with E-state index in [1.807, 2.05) is 48.5 Å². The van der Waals surface area contributed by atoms with Crippen LogP contribution in [0.4, 0.5) is 0 Å². The molecule has 1 heterocycles. The van der Waals surface area contributed by atoms with Crippen LogP contribution in [-0.2, 0) is 13.1 Å². The number of methoxy groups -OCH3 is 2. The smallest absolute Gasteiger partial charge is 0.169 e. The molecule has 2 N–H and O–H groups in total. The van der Waals surface area contributed by atoms with Gasteiger partial charge in [0, 0.05) is 5.56 Å². The Labute approximate surface area is 184 Å². The molecule has 3 aromatic carbocycles. The Morgan fingerprint density at radius 2 is 1.35 bits per heavy atom. The van der Waals surface area contributed by atoms with Gasteiger partial charge in [0.2, 0.25) is 0 Å². The van der Waals surface area contributed by atoms with Crippen molar-refractivity contribution in [1.29, 1.82) is 0 Å². The van der Waals surface area contributed by atoms with E-state index in [0.29, 0.717) is 0 Å². The highest BCUT2D eigenvalue weighted by Crippen LogP contribution is 2.30. The van der Waals surface area contributed by atoms with Crippen LogP contribution in [0.25, 0.3) is 0 Å². The van der Waals surface area contributed by atoms with E-state index in [1.165, 1.54) is 11.1 Å². The minimum absolute atomic E-state index is 0.807. The molecule has 5 heteroatoms. The van der Waals surface area contributed by atoms with Crippen molar-refractivity contribution in [3.63, 3.8) is 0 Å². The van der Waals surface area contributed by atoms with Gasteiger partial charge in [0.05, 0.1) is 19.8 Å². The number of hydrogen-bond donors (Lipinski definition) is 2. The van der Waals surface area contributed by atoms with E-state index in [9.17, 15) is 0 Å². The maximum atomic E-state index is 6.00. The van der Waals surface area contributed by atoms with Gasteiger partial charge in [-0.15, -0.1) is 0 Å². The Hall–Kier alpha value is -3.02. The monoisotopic (exact) mass is 420 g/mol. The Balaban J connectivity index is 1.31. The molecule has 0 spiro atoms. The number of rotatable bonds is 8. The Bertz CT molecular complexity index is 969. The Kier molecular flexibility index (Phi) is 7.07. The van der Waals surface area contributed by atoms with Crippen LogP contribution in [0.1, 0.15) is 11.1 Å². The van der Waals surface area contributed by atoms with Crippen molar-refractivity contribution < 1.29 is 24.0 Å². The van der Waals surface area contributed by atoms with Crippen LogP contribution in [0.2, 0.25) is 0 Å². The average molecular weight is 421 g/mol. The van der Waals surface area contributed by atoms with Crippen molar-refractivity contribution in [3.8, 4) is 23.0 Å². The molecule has 0 radical (unpaired) electrons. The number of benzene rings is 3. The third-order valence-electron chi connectivity index (χ3n) is 5.92.